The molecule has 2 aromatic rings. The van der Waals surface area contributed by atoms with Crippen LogP contribution in [0.3, 0.4) is 0 Å². The third kappa shape index (κ3) is 5.14. The Labute approximate surface area is 186 Å². The largest absolute Gasteiger partial charge is 0.494 e. The lowest BCUT2D eigenvalue weighted by Crippen LogP contribution is -2.34. The molecule has 0 bridgehead atoms. The maximum absolute atomic E-state index is 12.6. The van der Waals surface area contributed by atoms with Crippen molar-refractivity contribution < 1.29 is 23.9 Å². The van der Waals surface area contributed by atoms with Crippen LogP contribution in [-0.2, 0) is 0 Å². The van der Waals surface area contributed by atoms with Crippen LogP contribution in [-0.4, -0.2) is 54.8 Å². The van der Waals surface area contributed by atoms with Gasteiger partial charge < -0.3 is 15.4 Å². The van der Waals surface area contributed by atoms with Crippen molar-refractivity contribution >= 4 is 23.6 Å². The quantitative estimate of drug-likeness (QED) is 0.463. The average Bonchev–Trinajstić information content (AvgIpc) is 3.01. The van der Waals surface area contributed by atoms with Gasteiger partial charge in [-0.05, 0) is 55.3 Å². The van der Waals surface area contributed by atoms with Crippen LogP contribution in [0.5, 0.6) is 5.75 Å². The number of rotatable bonds is 9. The molecular formula is C24H27N3O5. The zero-order valence-corrected chi connectivity index (χ0v) is 18.4. The molecule has 3 rings (SSSR count). The van der Waals surface area contributed by atoms with E-state index in [9.17, 15) is 19.2 Å². The van der Waals surface area contributed by atoms with E-state index in [4.69, 9.17) is 4.74 Å². The third-order valence-electron chi connectivity index (χ3n) is 4.90. The van der Waals surface area contributed by atoms with E-state index in [-0.39, 0.29) is 53.8 Å². The average molecular weight is 437 g/mol. The predicted octanol–water partition coefficient (Wildman–Crippen LogP) is 2.50. The van der Waals surface area contributed by atoms with Gasteiger partial charge in [0.25, 0.3) is 23.6 Å². The lowest BCUT2D eigenvalue weighted by atomic mass is 10.1. The van der Waals surface area contributed by atoms with Gasteiger partial charge in [0.15, 0.2) is 0 Å². The molecule has 1 aliphatic heterocycles. The molecule has 32 heavy (non-hydrogen) atoms. The van der Waals surface area contributed by atoms with Crippen molar-refractivity contribution in [2.75, 3.05) is 26.2 Å². The number of carbonyl (C=O) groups is 4. The predicted molar refractivity (Wildman–Crippen MR) is 119 cm³/mol. The molecule has 0 unspecified atom stereocenters. The fourth-order valence-corrected chi connectivity index (χ4v) is 3.39. The monoisotopic (exact) mass is 437 g/mol. The molecule has 0 aromatic heterocycles. The van der Waals surface area contributed by atoms with Gasteiger partial charge in [-0.25, -0.2) is 0 Å². The fraction of sp³-hybridized carbons (Fsp3) is 0.333. The molecule has 1 heterocycles. The standard InChI is InChI=1S/C24H27N3O5/c1-4-32-18-8-5-16(6-9-18)21(28)25-11-12-26-22(29)17-7-10-19-20(13-17)24(31)27(23(19)30)14-15(2)3/h5-10,13,15H,4,11-12,14H2,1-3H3,(H,25,28)(H,26,29). The summed E-state index contributed by atoms with van der Waals surface area (Å²) in [5.41, 5.74) is 1.34. The van der Waals surface area contributed by atoms with E-state index in [0.717, 1.165) is 0 Å². The van der Waals surface area contributed by atoms with Gasteiger partial charge in [-0.3, -0.25) is 24.1 Å². The van der Waals surface area contributed by atoms with Gasteiger partial charge in [-0.2, -0.15) is 0 Å². The van der Waals surface area contributed by atoms with E-state index in [1.807, 2.05) is 20.8 Å². The van der Waals surface area contributed by atoms with Crippen molar-refractivity contribution in [2.24, 2.45) is 5.92 Å². The number of benzene rings is 2. The Kier molecular flexibility index (Phi) is 7.25. The molecule has 0 atom stereocenters. The molecule has 0 aliphatic carbocycles. The van der Waals surface area contributed by atoms with E-state index in [2.05, 4.69) is 10.6 Å². The summed E-state index contributed by atoms with van der Waals surface area (Å²) < 4.78 is 5.35. The van der Waals surface area contributed by atoms with E-state index in [1.165, 1.54) is 23.1 Å². The molecule has 2 N–H and O–H groups in total. The van der Waals surface area contributed by atoms with E-state index >= 15 is 0 Å². The van der Waals surface area contributed by atoms with Crippen molar-refractivity contribution in [3.05, 3.63) is 64.7 Å². The van der Waals surface area contributed by atoms with Crippen LogP contribution < -0.4 is 15.4 Å². The minimum absolute atomic E-state index is 0.151. The van der Waals surface area contributed by atoms with E-state index in [0.29, 0.717) is 30.0 Å². The van der Waals surface area contributed by atoms with Gasteiger partial charge in [0, 0.05) is 30.8 Å². The molecule has 168 valence electrons. The first-order chi connectivity index (χ1) is 15.3. The molecule has 2 aromatic carbocycles. The first kappa shape index (κ1) is 23.0. The second kappa shape index (κ2) is 10.1. The fourth-order valence-electron chi connectivity index (χ4n) is 3.39. The summed E-state index contributed by atoms with van der Waals surface area (Å²) in [6.45, 7) is 7.08. The second-order valence-electron chi connectivity index (χ2n) is 7.84. The first-order valence-corrected chi connectivity index (χ1v) is 10.6. The minimum Gasteiger partial charge on any atom is -0.494 e. The summed E-state index contributed by atoms with van der Waals surface area (Å²) in [6, 6.07) is 11.3. The second-order valence-corrected chi connectivity index (χ2v) is 7.84. The van der Waals surface area contributed by atoms with E-state index < -0.39 is 0 Å². The maximum atomic E-state index is 12.6. The Morgan fingerprint density at radius 3 is 2.03 bits per heavy atom. The number of hydrogen-bond acceptors (Lipinski definition) is 5. The number of nitrogens with one attached hydrogen (secondary N) is 2. The Bertz CT molecular complexity index is 1030. The summed E-state index contributed by atoms with van der Waals surface area (Å²) >= 11 is 0. The maximum Gasteiger partial charge on any atom is 0.261 e. The molecule has 0 fully saturated rings. The van der Waals surface area contributed by atoms with Gasteiger partial charge in [0.05, 0.1) is 17.7 Å². The van der Waals surface area contributed by atoms with E-state index in [1.54, 1.807) is 24.3 Å². The lowest BCUT2D eigenvalue weighted by Gasteiger charge is -2.15. The molecule has 1 aliphatic rings. The summed E-state index contributed by atoms with van der Waals surface area (Å²) in [7, 11) is 0. The highest BCUT2D eigenvalue weighted by molar-refractivity contribution is 6.22. The number of ether oxygens (including phenoxy) is 1. The smallest absolute Gasteiger partial charge is 0.261 e. The number of hydrogen-bond donors (Lipinski definition) is 2. The van der Waals surface area contributed by atoms with Gasteiger partial charge in [0.1, 0.15) is 5.75 Å². The number of fused-ring (bicyclic) bond motifs is 1. The highest BCUT2D eigenvalue weighted by atomic mass is 16.5. The molecule has 0 spiro atoms. The normalized spacial score (nSPS) is 12.7. The van der Waals surface area contributed by atoms with Crippen LogP contribution in [0.2, 0.25) is 0 Å². The Hall–Kier alpha value is -3.68. The van der Waals surface area contributed by atoms with Crippen LogP contribution in [0.25, 0.3) is 0 Å². The zero-order chi connectivity index (χ0) is 23.3. The molecular weight excluding hydrogens is 410 g/mol. The summed E-state index contributed by atoms with van der Waals surface area (Å²) in [6.07, 6.45) is 0. The highest BCUT2D eigenvalue weighted by Gasteiger charge is 2.36. The van der Waals surface area contributed by atoms with Gasteiger partial charge in [-0.1, -0.05) is 13.8 Å². The van der Waals surface area contributed by atoms with Crippen molar-refractivity contribution in [1.29, 1.82) is 0 Å². The number of carbonyl (C=O) groups excluding carboxylic acids is 4. The number of nitrogens with zero attached hydrogens (tertiary/aromatic N) is 1. The molecule has 8 nitrogen and oxygen atoms in total. The van der Waals surface area contributed by atoms with Crippen LogP contribution in [0.4, 0.5) is 0 Å². The van der Waals surface area contributed by atoms with Crippen LogP contribution in [0.15, 0.2) is 42.5 Å². The topological polar surface area (TPSA) is 105 Å². The number of imide groups is 1. The van der Waals surface area contributed by atoms with Crippen LogP contribution in [0.1, 0.15) is 62.2 Å². The first-order valence-electron chi connectivity index (χ1n) is 10.6. The molecule has 4 amide bonds. The summed E-state index contributed by atoms with van der Waals surface area (Å²) in [5, 5.41) is 5.44. The number of amides is 4. The Morgan fingerprint density at radius 2 is 1.44 bits per heavy atom. The lowest BCUT2D eigenvalue weighted by molar-refractivity contribution is 0.0635. The summed E-state index contributed by atoms with van der Waals surface area (Å²) in [5.74, 6) is -0.505. The minimum atomic E-state index is -0.384. The van der Waals surface area contributed by atoms with Crippen molar-refractivity contribution in [2.45, 2.75) is 20.8 Å². The zero-order valence-electron chi connectivity index (χ0n) is 18.4. The Balaban J connectivity index is 1.52. The Morgan fingerprint density at radius 1 is 0.875 bits per heavy atom. The van der Waals surface area contributed by atoms with Crippen molar-refractivity contribution in [1.82, 2.24) is 15.5 Å². The molecule has 0 radical (unpaired) electrons. The SMILES string of the molecule is CCOc1ccc(C(=O)NCCNC(=O)c2ccc3c(c2)C(=O)N(CC(C)C)C3=O)cc1. The van der Waals surface area contributed by atoms with Crippen molar-refractivity contribution in [3.8, 4) is 5.75 Å². The van der Waals surface area contributed by atoms with Gasteiger partial charge >= 0.3 is 0 Å². The van der Waals surface area contributed by atoms with Crippen molar-refractivity contribution in [3.63, 3.8) is 0 Å². The van der Waals surface area contributed by atoms with Crippen LogP contribution in [0, 0.1) is 5.92 Å². The molecule has 0 saturated heterocycles. The van der Waals surface area contributed by atoms with Crippen LogP contribution >= 0.6 is 0 Å². The van der Waals surface area contributed by atoms with Gasteiger partial charge in [0.2, 0.25) is 0 Å². The molecule has 8 heteroatoms. The molecule has 0 saturated carbocycles. The summed E-state index contributed by atoms with van der Waals surface area (Å²) in [4.78, 5) is 50.9. The van der Waals surface area contributed by atoms with Gasteiger partial charge in [-0.15, -0.1) is 0 Å². The highest BCUT2D eigenvalue weighted by Crippen LogP contribution is 2.24. The third-order valence-corrected chi connectivity index (χ3v) is 4.90.